The molecule has 0 amide bonds. The van der Waals surface area contributed by atoms with Gasteiger partial charge in [-0.25, -0.2) is 9.78 Å². The molecule has 0 N–H and O–H groups in total. The summed E-state index contributed by atoms with van der Waals surface area (Å²) in [6.45, 7) is 4.72. The van der Waals surface area contributed by atoms with E-state index in [1.807, 2.05) is 5.38 Å². The first-order chi connectivity index (χ1) is 11.8. The zero-order valence-electron chi connectivity index (χ0n) is 14.6. The van der Waals surface area contributed by atoms with Crippen molar-refractivity contribution in [1.29, 1.82) is 0 Å². The fourth-order valence-electron chi connectivity index (χ4n) is 2.67. The molecule has 3 heterocycles. The normalized spacial score (nSPS) is 11.8. The van der Waals surface area contributed by atoms with Gasteiger partial charge in [-0.1, -0.05) is 13.8 Å². The average molecular weight is 382 g/mol. The summed E-state index contributed by atoms with van der Waals surface area (Å²) in [4.78, 5) is 33.4. The molecule has 0 unspecified atom stereocenters. The highest BCUT2D eigenvalue weighted by Crippen LogP contribution is 2.20. The molecule has 0 saturated carbocycles. The van der Waals surface area contributed by atoms with Gasteiger partial charge in [0, 0.05) is 19.5 Å². The minimum atomic E-state index is -0.427. The molecular formula is C16H20ClN5O2S. The molecule has 3 aromatic rings. The molecule has 3 rings (SSSR count). The SMILES string of the molecule is CC(C)CCc1nc(Cn2c(Cl)nc3c2c(=O)n(C)c(=O)n3C)cs1. The van der Waals surface area contributed by atoms with Gasteiger partial charge in [0.05, 0.1) is 17.2 Å². The molecule has 0 aromatic carbocycles. The van der Waals surface area contributed by atoms with E-state index in [0.717, 1.165) is 28.1 Å². The van der Waals surface area contributed by atoms with Gasteiger partial charge in [0.15, 0.2) is 11.2 Å². The minimum absolute atomic E-state index is 0.171. The van der Waals surface area contributed by atoms with Crippen LogP contribution in [0.25, 0.3) is 11.2 Å². The van der Waals surface area contributed by atoms with Gasteiger partial charge in [-0.15, -0.1) is 11.3 Å². The number of aromatic nitrogens is 5. The molecule has 0 aliphatic rings. The molecule has 134 valence electrons. The zero-order chi connectivity index (χ0) is 18.3. The second-order valence-corrected chi connectivity index (χ2v) is 7.79. The number of thiazole rings is 1. The lowest BCUT2D eigenvalue weighted by molar-refractivity contribution is 0.584. The van der Waals surface area contributed by atoms with E-state index in [-0.39, 0.29) is 10.9 Å². The van der Waals surface area contributed by atoms with Crippen LogP contribution in [0.15, 0.2) is 15.0 Å². The first kappa shape index (κ1) is 17.9. The van der Waals surface area contributed by atoms with E-state index < -0.39 is 11.2 Å². The molecule has 3 aromatic heterocycles. The lowest BCUT2D eigenvalue weighted by atomic mass is 10.1. The first-order valence-corrected chi connectivity index (χ1v) is 9.30. The van der Waals surface area contributed by atoms with Gasteiger partial charge in [-0.3, -0.25) is 13.9 Å². The van der Waals surface area contributed by atoms with Gasteiger partial charge in [0.25, 0.3) is 5.56 Å². The van der Waals surface area contributed by atoms with Crippen LogP contribution >= 0.6 is 22.9 Å². The molecule has 7 nitrogen and oxygen atoms in total. The van der Waals surface area contributed by atoms with E-state index in [9.17, 15) is 9.59 Å². The Hall–Kier alpha value is -1.93. The van der Waals surface area contributed by atoms with Gasteiger partial charge >= 0.3 is 5.69 Å². The maximum absolute atomic E-state index is 12.5. The largest absolute Gasteiger partial charge is 0.332 e. The molecule has 0 aliphatic carbocycles. The van der Waals surface area contributed by atoms with Crippen LogP contribution in [0.2, 0.25) is 5.28 Å². The Morgan fingerprint density at radius 3 is 2.60 bits per heavy atom. The number of nitrogens with zero attached hydrogens (tertiary/aromatic N) is 5. The smallest absolute Gasteiger partial charge is 0.303 e. The molecule has 0 aliphatic heterocycles. The molecule has 0 spiro atoms. The predicted molar refractivity (Wildman–Crippen MR) is 99.6 cm³/mol. The fourth-order valence-corrected chi connectivity index (χ4v) is 3.70. The Labute approximate surface area is 153 Å². The number of halogens is 1. The third kappa shape index (κ3) is 3.28. The van der Waals surface area contributed by atoms with Crippen molar-refractivity contribution in [3.63, 3.8) is 0 Å². The second kappa shape index (κ2) is 6.76. The summed E-state index contributed by atoms with van der Waals surface area (Å²) in [5, 5.41) is 3.22. The molecule has 25 heavy (non-hydrogen) atoms. The summed E-state index contributed by atoms with van der Waals surface area (Å²) in [6, 6.07) is 0. The maximum Gasteiger partial charge on any atom is 0.332 e. The van der Waals surface area contributed by atoms with Gasteiger partial charge < -0.3 is 4.57 Å². The summed E-state index contributed by atoms with van der Waals surface area (Å²) in [7, 11) is 3.02. The molecule has 0 fully saturated rings. The maximum atomic E-state index is 12.5. The van der Waals surface area contributed by atoms with Crippen LogP contribution in [0.5, 0.6) is 0 Å². The quantitative estimate of drug-likeness (QED) is 0.635. The van der Waals surface area contributed by atoms with E-state index in [2.05, 4.69) is 23.8 Å². The Morgan fingerprint density at radius 1 is 1.20 bits per heavy atom. The third-order valence-corrected chi connectivity index (χ3v) is 5.40. The highest BCUT2D eigenvalue weighted by Gasteiger charge is 2.19. The van der Waals surface area contributed by atoms with Gasteiger partial charge in [-0.2, -0.15) is 4.98 Å². The van der Waals surface area contributed by atoms with Crippen molar-refractivity contribution >= 4 is 34.1 Å². The Morgan fingerprint density at radius 2 is 1.92 bits per heavy atom. The second-order valence-electron chi connectivity index (χ2n) is 6.51. The Bertz CT molecular complexity index is 1040. The highest BCUT2D eigenvalue weighted by atomic mass is 35.5. The van der Waals surface area contributed by atoms with Crippen LogP contribution in [-0.4, -0.2) is 23.7 Å². The highest BCUT2D eigenvalue weighted by molar-refractivity contribution is 7.09. The minimum Gasteiger partial charge on any atom is -0.303 e. The van der Waals surface area contributed by atoms with Crippen LogP contribution in [0, 0.1) is 5.92 Å². The number of hydrogen-bond acceptors (Lipinski definition) is 5. The van der Waals surface area contributed by atoms with Crippen molar-refractivity contribution in [1.82, 2.24) is 23.7 Å². The molecule has 9 heteroatoms. The molecule has 0 saturated heterocycles. The Kier molecular flexibility index (Phi) is 4.83. The predicted octanol–water partition coefficient (Wildman–Crippen LogP) is 2.18. The van der Waals surface area contributed by atoms with E-state index in [1.54, 1.807) is 23.0 Å². The van der Waals surface area contributed by atoms with Gasteiger partial charge in [0.2, 0.25) is 5.28 Å². The summed E-state index contributed by atoms with van der Waals surface area (Å²) in [5.74, 6) is 0.628. The fraction of sp³-hybridized carbons (Fsp3) is 0.500. The monoisotopic (exact) mass is 381 g/mol. The lowest BCUT2D eigenvalue weighted by Crippen LogP contribution is -2.37. The van der Waals surface area contributed by atoms with Gasteiger partial charge in [-0.05, 0) is 30.4 Å². The van der Waals surface area contributed by atoms with Crippen LogP contribution in [-0.2, 0) is 27.1 Å². The third-order valence-electron chi connectivity index (χ3n) is 4.16. The first-order valence-electron chi connectivity index (χ1n) is 8.04. The van der Waals surface area contributed by atoms with Crippen molar-refractivity contribution < 1.29 is 0 Å². The summed E-state index contributed by atoms with van der Waals surface area (Å²) in [5.41, 5.74) is 0.594. The number of imidazole rings is 1. The number of fused-ring (bicyclic) bond motifs is 1. The van der Waals surface area contributed by atoms with Crippen molar-refractivity contribution in [2.75, 3.05) is 0 Å². The van der Waals surface area contributed by atoms with Crippen LogP contribution in [0.3, 0.4) is 0 Å². The molecule has 0 bridgehead atoms. The van der Waals surface area contributed by atoms with Crippen molar-refractivity contribution in [3.8, 4) is 0 Å². The zero-order valence-corrected chi connectivity index (χ0v) is 16.2. The molecule has 0 radical (unpaired) electrons. The number of hydrogen-bond donors (Lipinski definition) is 0. The number of rotatable bonds is 5. The summed E-state index contributed by atoms with van der Waals surface area (Å²) >= 11 is 7.85. The van der Waals surface area contributed by atoms with Crippen LogP contribution in [0.1, 0.15) is 31.0 Å². The van der Waals surface area contributed by atoms with E-state index in [1.165, 1.54) is 11.6 Å². The van der Waals surface area contributed by atoms with Crippen molar-refractivity contribution in [2.24, 2.45) is 20.0 Å². The van der Waals surface area contributed by atoms with E-state index in [4.69, 9.17) is 11.6 Å². The standard InChI is InChI=1S/C16H20ClN5O2S/c1-9(2)5-6-11-18-10(8-25-11)7-22-12-13(19-15(22)17)20(3)16(24)21(4)14(12)23/h8-9H,5-7H2,1-4H3. The van der Waals surface area contributed by atoms with Gasteiger partial charge in [0.1, 0.15) is 0 Å². The van der Waals surface area contributed by atoms with Crippen LogP contribution < -0.4 is 11.2 Å². The lowest BCUT2D eigenvalue weighted by Gasteiger charge is -2.06. The summed E-state index contributed by atoms with van der Waals surface area (Å²) in [6.07, 6.45) is 2.03. The summed E-state index contributed by atoms with van der Waals surface area (Å²) < 4.78 is 4.00. The topological polar surface area (TPSA) is 74.7 Å². The number of aryl methyl sites for hydroxylation is 2. The Balaban J connectivity index is 2.01. The molecular weight excluding hydrogens is 362 g/mol. The van der Waals surface area contributed by atoms with E-state index >= 15 is 0 Å². The average Bonchev–Trinajstić information content (AvgIpc) is 3.14. The van der Waals surface area contributed by atoms with Crippen LogP contribution in [0.4, 0.5) is 0 Å². The van der Waals surface area contributed by atoms with Crippen molar-refractivity contribution in [3.05, 3.63) is 42.2 Å². The van der Waals surface area contributed by atoms with Crippen molar-refractivity contribution in [2.45, 2.75) is 33.2 Å². The molecule has 0 atom stereocenters. The van der Waals surface area contributed by atoms with E-state index in [0.29, 0.717) is 18.0 Å².